The molecule has 1 aliphatic rings. The summed E-state index contributed by atoms with van der Waals surface area (Å²) in [5.74, 6) is -7.75. The minimum atomic E-state index is -1.45. The summed E-state index contributed by atoms with van der Waals surface area (Å²) in [6.45, 7) is 2.77. The molecule has 4 aromatic rings. The molecule has 78 heavy (non-hydrogen) atoms. The van der Waals surface area contributed by atoms with Crippen LogP contribution in [0.1, 0.15) is 88.5 Å². The number of carbonyl (C=O) groups excluding carboxylic acids is 10. The topological polar surface area (TPSA) is 414 Å². The number of unbranched alkanes of at least 4 members (excludes halogenated alkanes) is 1. The molecule has 420 valence electrons. The molecule has 0 radical (unpaired) electrons. The summed E-state index contributed by atoms with van der Waals surface area (Å²) in [6.07, 6.45) is 4.57. The first kappa shape index (κ1) is 60.0. The lowest BCUT2D eigenvalue weighted by Gasteiger charge is -2.28. The number of benzene rings is 2. The maximum absolute atomic E-state index is 14.7. The summed E-state index contributed by atoms with van der Waals surface area (Å²) in [5.41, 5.74) is 19.4. The number of imidazole rings is 1. The molecule has 1 unspecified atom stereocenters. The Morgan fingerprint density at radius 2 is 1.37 bits per heavy atom. The monoisotopic (exact) mass is 1080 g/mol. The molecule has 17 N–H and O–H groups in total. The van der Waals surface area contributed by atoms with Gasteiger partial charge in [-0.05, 0) is 49.3 Å². The zero-order chi connectivity index (χ0) is 56.6. The van der Waals surface area contributed by atoms with E-state index in [-0.39, 0.29) is 89.8 Å². The molecule has 0 saturated carbocycles. The number of guanidine groups is 1. The number of aliphatic imine (C=N–C) groups is 1. The highest BCUT2D eigenvalue weighted by molar-refractivity contribution is 5.98. The summed E-state index contributed by atoms with van der Waals surface area (Å²) in [6, 6.07) is 6.52. The van der Waals surface area contributed by atoms with Gasteiger partial charge in [0.25, 0.3) is 0 Å². The number of hydrogen-bond donors (Lipinski definition) is 14. The van der Waals surface area contributed by atoms with E-state index in [0.29, 0.717) is 29.7 Å². The van der Waals surface area contributed by atoms with Crippen molar-refractivity contribution in [2.75, 3.05) is 19.6 Å². The Morgan fingerprint density at radius 1 is 0.731 bits per heavy atom. The minimum Gasteiger partial charge on any atom is -0.370 e. The zero-order valence-electron chi connectivity index (χ0n) is 43.8. The van der Waals surface area contributed by atoms with Crippen molar-refractivity contribution in [3.8, 4) is 0 Å². The summed E-state index contributed by atoms with van der Waals surface area (Å²) in [5, 5.41) is 24.8. The number of hydrogen-bond acceptors (Lipinski definition) is 12. The molecule has 26 heteroatoms. The van der Waals surface area contributed by atoms with Crippen LogP contribution in [0.3, 0.4) is 0 Å². The molecule has 5 rings (SSSR count). The van der Waals surface area contributed by atoms with E-state index in [2.05, 4.69) is 67.8 Å². The zero-order valence-corrected chi connectivity index (χ0v) is 43.8. The van der Waals surface area contributed by atoms with Crippen LogP contribution in [0.2, 0.25) is 0 Å². The van der Waals surface area contributed by atoms with Gasteiger partial charge >= 0.3 is 0 Å². The second kappa shape index (κ2) is 30.6. The van der Waals surface area contributed by atoms with E-state index in [4.69, 9.17) is 17.2 Å². The van der Waals surface area contributed by atoms with Crippen LogP contribution >= 0.6 is 0 Å². The summed E-state index contributed by atoms with van der Waals surface area (Å²) in [4.78, 5) is 152. The molecule has 1 aliphatic heterocycles. The van der Waals surface area contributed by atoms with E-state index in [1.165, 1.54) is 19.4 Å². The van der Waals surface area contributed by atoms with Gasteiger partial charge in [0.1, 0.15) is 42.3 Å². The molecule has 1 saturated heterocycles. The minimum absolute atomic E-state index is 0.0251. The number of nitrogens with two attached hydrogens (primary N) is 3. The summed E-state index contributed by atoms with van der Waals surface area (Å²) >= 11 is 0. The normalized spacial score (nSPS) is 20.2. The highest BCUT2D eigenvalue weighted by Crippen LogP contribution is 2.19. The Bertz CT molecular complexity index is 2730. The van der Waals surface area contributed by atoms with E-state index in [9.17, 15) is 47.9 Å². The van der Waals surface area contributed by atoms with Gasteiger partial charge in [-0.2, -0.15) is 0 Å². The van der Waals surface area contributed by atoms with Gasteiger partial charge in [0, 0.05) is 87.7 Å². The van der Waals surface area contributed by atoms with Gasteiger partial charge in [-0.3, -0.25) is 52.9 Å². The number of nitrogens with zero attached hydrogens (tertiary/aromatic N) is 2. The molecule has 26 nitrogen and oxygen atoms in total. The SMILES string of the molecule is CCCCC(NC(C)=O)C(=O)N[C@H]1CCNC(=O)CCC(=O)NCC[C@@H](C(=O)N[C@@H](Cc2c[nH]c3ccccc23)C(N)=O)NC(=O)[C@H](CCCN=C(N)N)NC(=O)[C@@H](Cc2ccccc2)NC(=O)[C@H](Cc2cnc[nH]2)NC1=O. The second-order valence-electron chi connectivity index (χ2n) is 18.9. The first-order chi connectivity index (χ1) is 37.4. The lowest BCUT2D eigenvalue weighted by Crippen LogP contribution is -2.61. The van der Waals surface area contributed by atoms with Crippen molar-refractivity contribution >= 4 is 75.9 Å². The van der Waals surface area contributed by atoms with E-state index < -0.39 is 101 Å². The Labute approximate surface area is 450 Å². The Balaban J connectivity index is 1.51. The van der Waals surface area contributed by atoms with Crippen LogP contribution < -0.4 is 65.1 Å². The van der Waals surface area contributed by atoms with Gasteiger partial charge in [0.15, 0.2) is 5.96 Å². The van der Waals surface area contributed by atoms with Crippen LogP contribution in [-0.4, -0.2) is 142 Å². The lowest BCUT2D eigenvalue weighted by atomic mass is 10.0. The highest BCUT2D eigenvalue weighted by Gasteiger charge is 2.35. The third-order valence-corrected chi connectivity index (χ3v) is 12.8. The van der Waals surface area contributed by atoms with E-state index in [1.807, 2.05) is 31.2 Å². The van der Waals surface area contributed by atoms with E-state index in [1.54, 1.807) is 36.5 Å². The fourth-order valence-electron chi connectivity index (χ4n) is 8.61. The molecule has 10 amide bonds. The average molecular weight is 1080 g/mol. The van der Waals surface area contributed by atoms with Crippen molar-refractivity contribution in [1.29, 1.82) is 0 Å². The van der Waals surface area contributed by atoms with Crippen LogP contribution in [0, 0.1) is 0 Å². The van der Waals surface area contributed by atoms with Crippen LogP contribution in [0.25, 0.3) is 10.9 Å². The number of aromatic amines is 2. The number of amides is 10. The molecular weight excluding hydrogens is 1010 g/mol. The summed E-state index contributed by atoms with van der Waals surface area (Å²) < 4.78 is 0. The van der Waals surface area contributed by atoms with Gasteiger partial charge in [-0.15, -0.1) is 0 Å². The fraction of sp³-hybridized carbons (Fsp3) is 0.462. The molecule has 0 bridgehead atoms. The number of fused-ring (bicyclic) bond motifs is 1. The number of rotatable bonds is 19. The number of primary amides is 1. The molecule has 7 atom stereocenters. The predicted octanol–water partition coefficient (Wildman–Crippen LogP) is -2.13. The van der Waals surface area contributed by atoms with E-state index in [0.717, 1.165) is 10.9 Å². The average Bonchev–Trinajstić information content (AvgIpc) is 4.09. The van der Waals surface area contributed by atoms with Gasteiger partial charge in [0.05, 0.1) is 6.33 Å². The van der Waals surface area contributed by atoms with Gasteiger partial charge in [-0.25, -0.2) is 4.98 Å². The lowest BCUT2D eigenvalue weighted by molar-refractivity contribution is -0.135. The second-order valence-corrected chi connectivity index (χ2v) is 18.9. The van der Waals surface area contributed by atoms with Crippen LogP contribution in [0.4, 0.5) is 0 Å². The smallest absolute Gasteiger partial charge is 0.243 e. The molecule has 3 heterocycles. The standard InChI is InChI=1S/C52H72N16O10/c1-3-4-14-36(62-30(2)69)46(73)64-39-20-23-58-44(71)18-17-43(70)57-22-19-38(48(75)66-40(45(53)72)25-32-27-60-35-15-9-8-13-34(32)35)65-47(74)37(16-10-21-59-52(54)55)63-50(77)41(24-31-11-6-5-7-12-31)67-51(78)42(68-49(39)76)26-33-28-56-29-61-33/h5-9,11-13,15,27-29,36-42,60H,3-4,10,14,16-26H2,1-2H3,(H2,53,72)(H,56,61)(H,57,70)(H,58,71)(H,62,69)(H,63,77)(H,64,73)(H,65,74)(H,66,75)(H,67,78)(H,68,76)(H4,54,55,59)/t36?,37-,38-,39-,40-,41+,42-/m0/s1. The van der Waals surface area contributed by atoms with Crippen LogP contribution in [0.15, 0.2) is 78.3 Å². The molecule has 0 aliphatic carbocycles. The van der Waals surface area contributed by atoms with Crippen molar-refractivity contribution in [2.45, 2.75) is 133 Å². The van der Waals surface area contributed by atoms with Gasteiger partial charge < -0.3 is 75.0 Å². The number of para-hydroxylation sites is 1. The Hall–Kier alpha value is -8.84. The number of aromatic nitrogens is 3. The maximum atomic E-state index is 14.7. The van der Waals surface area contributed by atoms with E-state index >= 15 is 0 Å². The molecule has 2 aromatic heterocycles. The summed E-state index contributed by atoms with van der Waals surface area (Å²) in [7, 11) is 0. The predicted molar refractivity (Wildman–Crippen MR) is 287 cm³/mol. The fourth-order valence-corrected chi connectivity index (χ4v) is 8.61. The highest BCUT2D eigenvalue weighted by atomic mass is 16.2. The molecule has 1 fully saturated rings. The van der Waals surface area contributed by atoms with Gasteiger partial charge in [0.2, 0.25) is 59.1 Å². The molecule has 2 aromatic carbocycles. The first-order valence-corrected chi connectivity index (χ1v) is 25.9. The quantitative estimate of drug-likeness (QED) is 0.0272. The number of nitrogens with one attached hydrogen (secondary N) is 11. The number of H-pyrrole nitrogens is 2. The third kappa shape index (κ3) is 19.7. The largest absolute Gasteiger partial charge is 0.370 e. The molecular formula is C52H72N16O10. The van der Waals surface area contributed by atoms with Crippen molar-refractivity contribution in [2.24, 2.45) is 22.2 Å². The van der Waals surface area contributed by atoms with Crippen molar-refractivity contribution in [3.05, 3.63) is 90.1 Å². The third-order valence-electron chi connectivity index (χ3n) is 12.8. The van der Waals surface area contributed by atoms with Crippen molar-refractivity contribution in [3.63, 3.8) is 0 Å². The van der Waals surface area contributed by atoms with Crippen molar-refractivity contribution in [1.82, 2.24) is 62.8 Å². The van der Waals surface area contributed by atoms with Crippen LogP contribution in [-0.2, 0) is 67.2 Å². The molecule has 0 spiro atoms. The Morgan fingerprint density at radius 3 is 2.03 bits per heavy atom. The van der Waals surface area contributed by atoms with Crippen LogP contribution in [0.5, 0.6) is 0 Å². The number of carbonyl (C=O) groups is 10. The Kier molecular flexibility index (Phi) is 23.6. The maximum Gasteiger partial charge on any atom is 0.243 e. The first-order valence-electron chi connectivity index (χ1n) is 25.9. The van der Waals surface area contributed by atoms with Gasteiger partial charge in [-0.1, -0.05) is 68.3 Å². The van der Waals surface area contributed by atoms with Crippen molar-refractivity contribution < 1.29 is 47.9 Å².